The number of hydrogen-bond donors (Lipinski definition) is 1. The Bertz CT molecular complexity index is 629. The molecule has 0 aliphatic heterocycles. The van der Waals surface area contributed by atoms with Gasteiger partial charge in [0.05, 0.1) is 0 Å². The highest BCUT2D eigenvalue weighted by Gasteiger charge is 2.43. The van der Waals surface area contributed by atoms with Gasteiger partial charge in [-0.25, -0.2) is 0 Å². The van der Waals surface area contributed by atoms with E-state index in [1.165, 1.54) is 36.6 Å². The Balaban J connectivity index is 1.77. The maximum absolute atomic E-state index is 6.71. The molecule has 2 saturated carbocycles. The quantitative estimate of drug-likeness (QED) is 0.895. The highest BCUT2D eigenvalue weighted by atomic mass is 16.3. The fraction of sp³-hybridized carbons (Fsp3) is 0.556. The van der Waals surface area contributed by atoms with Crippen molar-refractivity contribution in [2.24, 2.45) is 23.5 Å². The van der Waals surface area contributed by atoms with Gasteiger partial charge in [-0.1, -0.05) is 31.5 Å². The lowest BCUT2D eigenvalue weighted by Gasteiger charge is -2.28. The third-order valence-corrected chi connectivity index (χ3v) is 5.62. The Morgan fingerprint density at radius 1 is 1.25 bits per heavy atom. The molecule has 2 aliphatic carbocycles. The summed E-state index contributed by atoms with van der Waals surface area (Å²) in [4.78, 5) is 0. The predicted molar refractivity (Wildman–Crippen MR) is 81.5 cm³/mol. The highest BCUT2D eigenvalue weighted by Crippen LogP contribution is 2.53. The zero-order valence-electron chi connectivity index (χ0n) is 12.1. The molecule has 4 unspecified atom stereocenters. The van der Waals surface area contributed by atoms with Gasteiger partial charge in [0.25, 0.3) is 0 Å². The monoisotopic (exact) mass is 269 g/mol. The van der Waals surface area contributed by atoms with Crippen LogP contribution in [0.5, 0.6) is 0 Å². The van der Waals surface area contributed by atoms with Gasteiger partial charge in [0.1, 0.15) is 11.3 Å². The summed E-state index contributed by atoms with van der Waals surface area (Å²) >= 11 is 0. The smallest absolute Gasteiger partial charge is 0.134 e. The molecule has 0 radical (unpaired) electrons. The van der Waals surface area contributed by atoms with Crippen LogP contribution < -0.4 is 5.73 Å². The van der Waals surface area contributed by atoms with Crippen LogP contribution in [-0.2, 0) is 6.42 Å². The van der Waals surface area contributed by atoms with Crippen molar-refractivity contribution in [2.75, 3.05) is 0 Å². The van der Waals surface area contributed by atoms with Gasteiger partial charge in [-0.05, 0) is 43.1 Å². The van der Waals surface area contributed by atoms with E-state index in [1.807, 2.05) is 6.07 Å². The number of hydrogen-bond acceptors (Lipinski definition) is 2. The van der Waals surface area contributed by atoms with E-state index in [0.29, 0.717) is 5.92 Å². The van der Waals surface area contributed by atoms with Crippen LogP contribution in [0.3, 0.4) is 0 Å². The first-order valence-corrected chi connectivity index (χ1v) is 8.03. The topological polar surface area (TPSA) is 39.2 Å². The van der Waals surface area contributed by atoms with Crippen LogP contribution in [0.25, 0.3) is 11.0 Å². The van der Waals surface area contributed by atoms with Crippen LogP contribution in [0.15, 0.2) is 28.7 Å². The minimum atomic E-state index is 0.156. The summed E-state index contributed by atoms with van der Waals surface area (Å²) in [6.45, 7) is 2.16. The maximum Gasteiger partial charge on any atom is 0.134 e. The van der Waals surface area contributed by atoms with E-state index >= 15 is 0 Å². The van der Waals surface area contributed by atoms with Crippen molar-refractivity contribution in [3.63, 3.8) is 0 Å². The Labute approximate surface area is 120 Å². The van der Waals surface area contributed by atoms with E-state index in [-0.39, 0.29) is 6.04 Å². The van der Waals surface area contributed by atoms with Gasteiger partial charge in [0.15, 0.2) is 0 Å². The summed E-state index contributed by atoms with van der Waals surface area (Å²) in [7, 11) is 0. The van der Waals surface area contributed by atoms with Gasteiger partial charge in [-0.3, -0.25) is 0 Å². The lowest BCUT2D eigenvalue weighted by atomic mass is 9.80. The molecule has 4 rings (SSSR count). The van der Waals surface area contributed by atoms with Crippen LogP contribution in [0, 0.1) is 17.8 Å². The average molecular weight is 269 g/mol. The van der Waals surface area contributed by atoms with Gasteiger partial charge in [0.2, 0.25) is 0 Å². The summed E-state index contributed by atoms with van der Waals surface area (Å²) in [5.41, 5.74) is 9.00. The molecule has 0 spiro atoms. The Morgan fingerprint density at radius 3 is 2.80 bits per heavy atom. The Kier molecular flexibility index (Phi) is 2.88. The number of benzene rings is 1. The molecule has 2 bridgehead atoms. The minimum Gasteiger partial charge on any atom is -0.461 e. The van der Waals surface area contributed by atoms with Crippen LogP contribution in [0.4, 0.5) is 0 Å². The predicted octanol–water partition coefficient (Wildman–Crippen LogP) is 4.43. The molecule has 2 N–H and O–H groups in total. The number of nitrogens with two attached hydrogens (primary N) is 1. The van der Waals surface area contributed by atoms with E-state index in [4.69, 9.17) is 10.2 Å². The number of aryl methyl sites for hydroxylation is 1. The minimum absolute atomic E-state index is 0.156. The summed E-state index contributed by atoms with van der Waals surface area (Å²) in [5, 5.41) is 1.24. The second-order valence-corrected chi connectivity index (χ2v) is 6.65. The second kappa shape index (κ2) is 4.63. The molecule has 2 nitrogen and oxygen atoms in total. The zero-order chi connectivity index (χ0) is 13.7. The van der Waals surface area contributed by atoms with Gasteiger partial charge < -0.3 is 10.2 Å². The van der Waals surface area contributed by atoms with E-state index in [0.717, 1.165) is 29.6 Å². The standard InChI is InChI=1S/C18H23NO/c1-2-15-17(13-5-3-4-6-16(13)20-15)18(19)14-10-11-7-8-12(14)9-11/h3-6,11-12,14,18H,2,7-10,19H2,1H3. The van der Waals surface area contributed by atoms with E-state index < -0.39 is 0 Å². The third-order valence-electron chi connectivity index (χ3n) is 5.62. The summed E-state index contributed by atoms with van der Waals surface area (Å²) in [5.74, 6) is 3.56. The first-order chi connectivity index (χ1) is 9.78. The Morgan fingerprint density at radius 2 is 2.10 bits per heavy atom. The molecule has 2 heteroatoms. The second-order valence-electron chi connectivity index (χ2n) is 6.65. The first-order valence-electron chi connectivity index (χ1n) is 8.03. The van der Waals surface area contributed by atoms with Crippen molar-refractivity contribution in [3.05, 3.63) is 35.6 Å². The largest absolute Gasteiger partial charge is 0.461 e. The molecule has 4 atom stereocenters. The van der Waals surface area contributed by atoms with Crippen LogP contribution >= 0.6 is 0 Å². The fourth-order valence-corrected chi connectivity index (χ4v) is 4.69. The van der Waals surface area contributed by atoms with Gasteiger partial charge in [-0.15, -0.1) is 0 Å². The molecule has 1 aromatic heterocycles. The number of para-hydroxylation sites is 1. The lowest BCUT2D eigenvalue weighted by molar-refractivity contribution is 0.283. The van der Waals surface area contributed by atoms with E-state index in [1.54, 1.807) is 0 Å². The lowest BCUT2D eigenvalue weighted by Crippen LogP contribution is -2.26. The number of rotatable bonds is 3. The molecular weight excluding hydrogens is 246 g/mol. The molecule has 0 amide bonds. The van der Waals surface area contributed by atoms with Crippen molar-refractivity contribution in [1.82, 2.24) is 0 Å². The van der Waals surface area contributed by atoms with Gasteiger partial charge >= 0.3 is 0 Å². The molecule has 2 fully saturated rings. The highest BCUT2D eigenvalue weighted by molar-refractivity contribution is 5.82. The SMILES string of the molecule is CCc1oc2ccccc2c1C(N)C1CC2CCC1C2. The molecule has 0 saturated heterocycles. The van der Waals surface area contributed by atoms with Crippen molar-refractivity contribution >= 4 is 11.0 Å². The zero-order valence-corrected chi connectivity index (χ0v) is 12.1. The first kappa shape index (κ1) is 12.5. The molecular formula is C18H23NO. The summed E-state index contributed by atoms with van der Waals surface area (Å²) < 4.78 is 6.03. The molecule has 1 aromatic carbocycles. The van der Waals surface area contributed by atoms with Crippen molar-refractivity contribution < 1.29 is 4.42 Å². The van der Waals surface area contributed by atoms with E-state index in [2.05, 4.69) is 25.1 Å². The molecule has 106 valence electrons. The number of fused-ring (bicyclic) bond motifs is 3. The average Bonchev–Trinajstić information content (AvgIpc) is 3.18. The third kappa shape index (κ3) is 1.74. The molecule has 1 heterocycles. The Hall–Kier alpha value is -1.28. The molecule has 20 heavy (non-hydrogen) atoms. The summed E-state index contributed by atoms with van der Waals surface area (Å²) in [6.07, 6.45) is 6.49. The summed E-state index contributed by atoms with van der Waals surface area (Å²) in [6, 6.07) is 8.52. The van der Waals surface area contributed by atoms with Crippen molar-refractivity contribution in [2.45, 2.75) is 45.1 Å². The van der Waals surface area contributed by atoms with Crippen molar-refractivity contribution in [3.8, 4) is 0 Å². The number of furan rings is 1. The fourth-order valence-electron chi connectivity index (χ4n) is 4.69. The van der Waals surface area contributed by atoms with Crippen LogP contribution in [0.2, 0.25) is 0 Å². The molecule has 2 aliphatic rings. The normalized spacial score (nSPS) is 30.2. The molecule has 2 aromatic rings. The van der Waals surface area contributed by atoms with E-state index in [9.17, 15) is 0 Å². The van der Waals surface area contributed by atoms with Gasteiger partial charge in [-0.2, -0.15) is 0 Å². The van der Waals surface area contributed by atoms with Crippen LogP contribution in [0.1, 0.15) is 50.0 Å². The maximum atomic E-state index is 6.71. The van der Waals surface area contributed by atoms with Crippen molar-refractivity contribution in [1.29, 1.82) is 0 Å². The van der Waals surface area contributed by atoms with Crippen LogP contribution in [-0.4, -0.2) is 0 Å². The van der Waals surface area contributed by atoms with Gasteiger partial charge in [0, 0.05) is 23.4 Å².